The molecule has 0 fully saturated rings. The summed E-state index contributed by atoms with van der Waals surface area (Å²) in [4.78, 5) is 90.9. The lowest BCUT2D eigenvalue weighted by atomic mass is 10.1. The van der Waals surface area contributed by atoms with Gasteiger partial charge in [0.1, 0.15) is 31.3 Å². The molecule has 0 aliphatic heterocycles. The summed E-state index contributed by atoms with van der Waals surface area (Å²) in [5, 5.41) is 30.4. The van der Waals surface area contributed by atoms with E-state index in [1.165, 1.54) is 196 Å². The van der Waals surface area contributed by atoms with Crippen molar-refractivity contribution in [1.29, 1.82) is 0 Å². The SMILES string of the molecule is CCCCCCCCCCCC(=O)OC[C@H](CO)OC(=O)CCCCCCCCCCC.CCCCCCCCCCCC(=O)OC[C@H](COC(=O)Oc1ccc([N+](=O)[O-])cc1)OC(=O)CCCCCCCCCCC.O=C(Cl)Oc1ccc([N+](=O)[O-])cc1. The number of nitrogens with zero attached hydrogens (tertiary/aromatic N) is 2. The number of esters is 4. The normalized spacial score (nSPS) is 11.3. The minimum Gasteiger partial charge on any atom is -0.462 e. The van der Waals surface area contributed by atoms with Crippen LogP contribution in [0.3, 0.4) is 0 Å². The summed E-state index contributed by atoms with van der Waals surface area (Å²) in [7, 11) is 0. The fourth-order valence-electron chi connectivity index (χ4n) is 9.22. The fourth-order valence-corrected chi connectivity index (χ4v) is 9.31. The van der Waals surface area contributed by atoms with Crippen molar-refractivity contribution in [1.82, 2.24) is 0 Å². The van der Waals surface area contributed by atoms with Crippen molar-refractivity contribution in [3.8, 4) is 11.5 Å². The maximum atomic E-state index is 12.5. The van der Waals surface area contributed by atoms with Crippen molar-refractivity contribution in [3.05, 3.63) is 68.8 Å². The van der Waals surface area contributed by atoms with E-state index in [2.05, 4.69) is 32.4 Å². The first-order valence-corrected chi connectivity index (χ1v) is 34.0. The highest BCUT2D eigenvalue weighted by molar-refractivity contribution is 6.61. The van der Waals surface area contributed by atoms with Crippen LogP contribution in [0.2, 0.25) is 0 Å². The molecule has 1 N–H and O–H groups in total. The first-order chi connectivity index (χ1) is 43.1. The Bertz CT molecular complexity index is 2130. The molecular formula is C68H111ClN2O18. The Hall–Kier alpha value is -5.89. The Labute approximate surface area is 536 Å². The number of non-ortho nitro benzene ring substituents is 2. The average Bonchev–Trinajstić information content (AvgIpc) is 3.65. The number of halogens is 1. The number of unbranched alkanes of at least 4 members (excludes halogenated alkanes) is 32. The summed E-state index contributed by atoms with van der Waals surface area (Å²) < 4.78 is 35.9. The molecule has 0 aliphatic rings. The Balaban J connectivity index is 0.00000149. The molecule has 508 valence electrons. The van der Waals surface area contributed by atoms with Gasteiger partial charge in [0.2, 0.25) is 0 Å². The topological polar surface area (TPSA) is 274 Å². The average molecular weight is 1280 g/mol. The maximum absolute atomic E-state index is 12.5. The summed E-state index contributed by atoms with van der Waals surface area (Å²) in [5.41, 5.74) is -1.20. The Morgan fingerprint density at radius 2 is 0.640 bits per heavy atom. The van der Waals surface area contributed by atoms with Crippen LogP contribution in [0.25, 0.3) is 0 Å². The zero-order chi connectivity index (χ0) is 65.8. The van der Waals surface area contributed by atoms with E-state index in [1.807, 2.05) is 0 Å². The van der Waals surface area contributed by atoms with E-state index in [9.17, 15) is 54.1 Å². The van der Waals surface area contributed by atoms with E-state index in [-0.39, 0.29) is 80.1 Å². The number of carbonyl (C=O) groups excluding carboxylic acids is 6. The van der Waals surface area contributed by atoms with E-state index in [0.29, 0.717) is 19.3 Å². The minimum atomic E-state index is -1.07. The van der Waals surface area contributed by atoms with Gasteiger partial charge in [0.15, 0.2) is 12.2 Å². The molecule has 0 radical (unpaired) electrons. The minimum absolute atomic E-state index is 0.0593. The third-order valence-corrected chi connectivity index (χ3v) is 14.6. The molecule has 2 atom stereocenters. The zero-order valence-corrected chi connectivity index (χ0v) is 55.3. The molecule has 89 heavy (non-hydrogen) atoms. The van der Waals surface area contributed by atoms with Crippen molar-refractivity contribution in [3.63, 3.8) is 0 Å². The number of hydrogen-bond donors (Lipinski definition) is 1. The number of nitro benzene ring substituents is 2. The third kappa shape index (κ3) is 53.6. The summed E-state index contributed by atoms with van der Waals surface area (Å²) in [6, 6.07) is 9.97. The number of benzene rings is 2. The quantitative estimate of drug-likeness (QED) is 0.0123. The molecule has 20 nitrogen and oxygen atoms in total. The van der Waals surface area contributed by atoms with Gasteiger partial charge < -0.3 is 38.3 Å². The lowest BCUT2D eigenvalue weighted by Gasteiger charge is -2.18. The first kappa shape index (κ1) is 83.1. The number of nitro groups is 2. The van der Waals surface area contributed by atoms with Gasteiger partial charge in [-0.1, -0.05) is 233 Å². The second-order valence-corrected chi connectivity index (χ2v) is 22.9. The highest BCUT2D eigenvalue weighted by Crippen LogP contribution is 2.21. The Morgan fingerprint density at radius 1 is 0.382 bits per heavy atom. The Kier molecular flexibility index (Phi) is 55.8. The zero-order valence-electron chi connectivity index (χ0n) is 54.5. The summed E-state index contributed by atoms with van der Waals surface area (Å²) in [5.74, 6) is -1.19. The van der Waals surface area contributed by atoms with Gasteiger partial charge in [0, 0.05) is 61.5 Å². The molecule has 0 aliphatic carbocycles. The van der Waals surface area contributed by atoms with Crippen molar-refractivity contribution >= 4 is 58.4 Å². The Morgan fingerprint density at radius 3 is 0.933 bits per heavy atom. The second kappa shape index (κ2) is 59.7. The number of hydrogen-bond acceptors (Lipinski definition) is 18. The number of rotatable bonds is 53. The molecule has 0 amide bonds. The van der Waals surface area contributed by atoms with Gasteiger partial charge in [-0.15, -0.1) is 0 Å². The maximum Gasteiger partial charge on any atom is 0.513 e. The smallest absolute Gasteiger partial charge is 0.462 e. The third-order valence-electron chi connectivity index (χ3n) is 14.5. The van der Waals surface area contributed by atoms with Gasteiger partial charge in [0.05, 0.1) is 16.5 Å². The molecule has 2 rings (SSSR count). The van der Waals surface area contributed by atoms with Gasteiger partial charge in [0.25, 0.3) is 11.4 Å². The molecule has 0 aromatic heterocycles. The van der Waals surface area contributed by atoms with Crippen LogP contribution in [-0.4, -0.2) is 89.0 Å². The lowest BCUT2D eigenvalue weighted by Crippen LogP contribution is -2.31. The van der Waals surface area contributed by atoms with Crippen LogP contribution >= 0.6 is 11.6 Å². The molecule has 0 unspecified atom stereocenters. The first-order valence-electron chi connectivity index (χ1n) is 33.6. The van der Waals surface area contributed by atoms with E-state index < -0.39 is 39.6 Å². The van der Waals surface area contributed by atoms with Crippen LogP contribution < -0.4 is 9.47 Å². The largest absolute Gasteiger partial charge is 0.513 e. The molecule has 0 saturated heterocycles. The van der Waals surface area contributed by atoms with E-state index in [4.69, 9.17) is 40.0 Å². The van der Waals surface area contributed by atoms with Crippen LogP contribution in [0.4, 0.5) is 21.0 Å². The van der Waals surface area contributed by atoms with Gasteiger partial charge >= 0.3 is 35.5 Å². The van der Waals surface area contributed by atoms with Crippen molar-refractivity contribution in [2.45, 2.75) is 297 Å². The summed E-state index contributed by atoms with van der Waals surface area (Å²) in [6.07, 6.45) is 40.3. The molecule has 2 aromatic carbocycles. The van der Waals surface area contributed by atoms with Crippen LogP contribution in [0.1, 0.15) is 285 Å². The van der Waals surface area contributed by atoms with Gasteiger partial charge in [-0.25, -0.2) is 9.59 Å². The standard InChI is InChI=1S/C34H55NO9.C27H52O5.C7H4ClNO4/c1-3-5-7-9-11-13-15-17-19-21-32(36)41-27-31(43-33(37)22-20-18-16-14-12-10-8-6-4-2)28-42-34(38)44-30-25-23-29(24-26-30)35(39)40;1-3-5-7-9-11-13-15-17-19-21-26(29)31-24-25(23-28)32-27(30)22-20-18-16-14-12-10-8-6-4-2;8-7(10)13-6-3-1-5(2-4-6)9(11)12/h23-26,31H,3-22,27-28H2,1-2H3;25,28H,3-24H2,1-2H3;1-4H/t31-;25-;/m10./s1. The van der Waals surface area contributed by atoms with Crippen molar-refractivity contribution in [2.24, 2.45) is 0 Å². The predicted octanol–water partition coefficient (Wildman–Crippen LogP) is 19.0. The van der Waals surface area contributed by atoms with Crippen LogP contribution in [0.5, 0.6) is 11.5 Å². The van der Waals surface area contributed by atoms with E-state index in [0.717, 1.165) is 77.0 Å². The molecule has 0 heterocycles. The van der Waals surface area contributed by atoms with E-state index in [1.54, 1.807) is 0 Å². The van der Waals surface area contributed by atoms with Gasteiger partial charge in [-0.3, -0.25) is 39.4 Å². The van der Waals surface area contributed by atoms with Crippen molar-refractivity contribution < 1.29 is 76.9 Å². The van der Waals surface area contributed by atoms with Crippen molar-refractivity contribution in [2.75, 3.05) is 26.4 Å². The molecule has 0 spiro atoms. The van der Waals surface area contributed by atoms with Crippen LogP contribution in [-0.2, 0) is 42.9 Å². The second-order valence-electron chi connectivity index (χ2n) is 22.6. The fraction of sp³-hybridized carbons (Fsp3) is 0.735. The monoisotopic (exact) mass is 1280 g/mol. The summed E-state index contributed by atoms with van der Waals surface area (Å²) in [6.45, 7) is 7.88. The summed E-state index contributed by atoms with van der Waals surface area (Å²) >= 11 is 4.92. The number of carbonyl (C=O) groups is 6. The van der Waals surface area contributed by atoms with Gasteiger partial charge in [-0.2, -0.15) is 0 Å². The highest BCUT2D eigenvalue weighted by Gasteiger charge is 2.21. The molecule has 0 saturated carbocycles. The molecular weight excluding hydrogens is 1170 g/mol. The van der Waals surface area contributed by atoms with Gasteiger partial charge in [-0.05, 0) is 49.9 Å². The van der Waals surface area contributed by atoms with Crippen LogP contribution in [0.15, 0.2) is 48.5 Å². The molecule has 0 bridgehead atoms. The number of aliphatic hydroxyl groups is 1. The number of aliphatic hydroxyl groups excluding tert-OH is 1. The van der Waals surface area contributed by atoms with E-state index >= 15 is 0 Å². The van der Waals surface area contributed by atoms with Crippen LogP contribution in [0, 0.1) is 20.2 Å². The number of ether oxygens (including phenoxy) is 7. The predicted molar refractivity (Wildman–Crippen MR) is 346 cm³/mol. The lowest BCUT2D eigenvalue weighted by molar-refractivity contribution is -0.385. The molecule has 21 heteroatoms. The highest BCUT2D eigenvalue weighted by atomic mass is 35.5. The molecule has 2 aromatic rings.